The van der Waals surface area contributed by atoms with E-state index in [0.29, 0.717) is 23.5 Å². The molecule has 2 saturated heterocycles. The van der Waals surface area contributed by atoms with E-state index >= 15 is 0 Å². The van der Waals surface area contributed by atoms with Crippen LogP contribution in [0.15, 0.2) is 98.1 Å². The van der Waals surface area contributed by atoms with Crippen LogP contribution in [0.5, 0.6) is 0 Å². The molecule has 0 radical (unpaired) electrons. The third-order valence-electron chi connectivity index (χ3n) is 10.1. The molecule has 56 heavy (non-hydrogen) atoms. The number of fused-ring (bicyclic) bond motifs is 8. The molecule has 4 aliphatic rings. The number of pyridine rings is 4. The number of nitrogens with one attached hydrogen (secondary N) is 2. The lowest BCUT2D eigenvalue weighted by Crippen LogP contribution is -2.56. The number of hydrogen-bond donors (Lipinski definition) is 3. The van der Waals surface area contributed by atoms with Crippen molar-refractivity contribution in [2.45, 2.75) is 51.6 Å². The van der Waals surface area contributed by atoms with Gasteiger partial charge in [-0.3, -0.25) is 30.2 Å². The molecule has 15 heteroatoms. The first-order valence-electron chi connectivity index (χ1n) is 18.9. The molecule has 10 rings (SSSR count). The Morgan fingerprint density at radius 1 is 0.732 bits per heavy atom. The molecule has 2 fully saturated rings. The molecule has 4 N–H and O–H groups in total. The summed E-state index contributed by atoms with van der Waals surface area (Å²) in [6.07, 6.45) is 17.4. The van der Waals surface area contributed by atoms with E-state index in [-0.39, 0.29) is 12.1 Å². The summed E-state index contributed by atoms with van der Waals surface area (Å²) in [4.78, 5) is 53.6. The number of carbonyl (C=O) groups is 1. The van der Waals surface area contributed by atoms with E-state index in [1.165, 1.54) is 24.7 Å². The number of aryl methyl sites for hydroxylation is 2. The van der Waals surface area contributed by atoms with Crippen LogP contribution in [0.25, 0.3) is 22.5 Å². The first kappa shape index (κ1) is 36.2. The molecule has 2 atom stereocenters. The minimum Gasteiger partial charge on any atom is -0.382 e. The van der Waals surface area contributed by atoms with Crippen LogP contribution in [0.1, 0.15) is 37.1 Å². The maximum absolute atomic E-state index is 13.2. The maximum atomic E-state index is 13.2. The Balaban J connectivity index is 0.000000140. The summed E-state index contributed by atoms with van der Waals surface area (Å²) in [6.45, 7) is 8.03. The van der Waals surface area contributed by atoms with E-state index < -0.39 is 0 Å². The Morgan fingerprint density at radius 3 is 2.04 bits per heavy atom. The van der Waals surface area contributed by atoms with Crippen LogP contribution in [-0.2, 0) is 0 Å². The molecule has 0 unspecified atom stereocenters. The Labute approximate surface area is 325 Å². The summed E-state index contributed by atoms with van der Waals surface area (Å²) < 4.78 is 0. The van der Waals surface area contributed by atoms with Crippen molar-refractivity contribution in [2.24, 2.45) is 0 Å². The fourth-order valence-corrected chi connectivity index (χ4v) is 7.58. The van der Waals surface area contributed by atoms with Gasteiger partial charge in [0.05, 0.1) is 41.2 Å². The second-order valence-electron chi connectivity index (χ2n) is 14.2. The molecule has 2 amide bonds. The second kappa shape index (κ2) is 16.3. The van der Waals surface area contributed by atoms with Crippen LogP contribution >= 0.6 is 0 Å². The van der Waals surface area contributed by atoms with Gasteiger partial charge in [0.15, 0.2) is 17.5 Å². The van der Waals surface area contributed by atoms with Crippen LogP contribution in [0.2, 0.25) is 0 Å². The number of urea groups is 1. The molecule has 0 aromatic carbocycles. The largest absolute Gasteiger partial charge is 0.382 e. The van der Waals surface area contributed by atoms with Crippen molar-refractivity contribution < 1.29 is 4.79 Å². The van der Waals surface area contributed by atoms with Gasteiger partial charge >= 0.3 is 6.03 Å². The van der Waals surface area contributed by atoms with Crippen molar-refractivity contribution in [3.63, 3.8) is 0 Å². The summed E-state index contributed by atoms with van der Waals surface area (Å²) in [6, 6.07) is 16.8. The molecule has 4 aliphatic heterocycles. The van der Waals surface area contributed by atoms with Gasteiger partial charge in [-0.2, -0.15) is 0 Å². The Bertz CT molecular complexity index is 2290. The van der Waals surface area contributed by atoms with Gasteiger partial charge in [0.1, 0.15) is 5.82 Å². The van der Waals surface area contributed by atoms with Crippen LogP contribution in [0, 0.1) is 13.8 Å². The van der Waals surface area contributed by atoms with E-state index in [4.69, 9.17) is 15.7 Å². The van der Waals surface area contributed by atoms with Gasteiger partial charge in [-0.15, -0.1) is 0 Å². The normalized spacial score (nSPS) is 17.4. The SMILES string of the molecule is Cc1cc(-c2ccc3c(n2)N(C(=O)Nc2cnccn2)[C@H]2CCCN3C2)ccn1.Cc1cc(-c2ccc3c(n2)N[C@H]2CCCN3C2)ccn1.Nc1cnccn1. The minimum absolute atomic E-state index is 0.0786. The fourth-order valence-electron chi connectivity index (χ4n) is 7.58. The smallest absolute Gasteiger partial charge is 0.329 e. The number of piperidine rings is 2. The lowest BCUT2D eigenvalue weighted by Gasteiger charge is -2.45. The van der Waals surface area contributed by atoms with Crippen molar-refractivity contribution in [3.05, 3.63) is 109 Å². The molecule has 0 aliphatic carbocycles. The summed E-state index contributed by atoms with van der Waals surface area (Å²) in [5, 5.41) is 6.45. The van der Waals surface area contributed by atoms with E-state index in [1.54, 1.807) is 42.1 Å². The minimum atomic E-state index is -0.228. The average Bonchev–Trinajstić information content (AvgIpc) is 3.22. The first-order valence-corrected chi connectivity index (χ1v) is 18.9. The summed E-state index contributed by atoms with van der Waals surface area (Å²) in [5.41, 5.74) is 13.3. The van der Waals surface area contributed by atoms with Crippen molar-refractivity contribution in [3.8, 4) is 22.5 Å². The number of anilines is 6. The number of carbonyl (C=O) groups excluding carboxylic acids is 1. The average molecular weight is 749 g/mol. The standard InChI is InChI=1S/C21H21N7O.C16H18N4.C4H5N3/c1-14-11-15(6-7-23-14)17-4-5-18-20(25-17)28(16-3-2-10-27(18)13-16)21(29)26-19-12-22-8-9-24-19;1-11-9-12(6-7-17-11)14-4-5-15-16(19-14)18-13-3-2-8-20(15)10-13;5-4-3-6-1-2-7-4/h4-9,11-12,16H,2-3,10,13H2,1H3,(H,24,26,29);4-7,9,13H,2-3,8,10H2,1H3,(H,18,19);1-3H,(H2,5,7)/t16-;13-;/m00./s1. The van der Waals surface area contributed by atoms with Gasteiger partial charge in [-0.05, 0) is 88.1 Å². The van der Waals surface area contributed by atoms with Crippen molar-refractivity contribution >= 4 is 40.7 Å². The molecular weight excluding hydrogens is 705 g/mol. The predicted octanol–water partition coefficient (Wildman–Crippen LogP) is 6.17. The van der Waals surface area contributed by atoms with Crippen molar-refractivity contribution in [2.75, 3.05) is 57.2 Å². The summed E-state index contributed by atoms with van der Waals surface area (Å²) in [5.74, 6) is 2.61. The second-order valence-corrected chi connectivity index (χ2v) is 14.2. The van der Waals surface area contributed by atoms with E-state index in [0.717, 1.165) is 84.4 Å². The number of rotatable bonds is 3. The van der Waals surface area contributed by atoms with Gasteiger partial charge in [0.2, 0.25) is 0 Å². The third-order valence-corrected chi connectivity index (χ3v) is 10.1. The third kappa shape index (κ3) is 8.16. The number of amides is 2. The predicted molar refractivity (Wildman–Crippen MR) is 218 cm³/mol. The molecule has 6 aromatic rings. The van der Waals surface area contributed by atoms with Gasteiger partial charge in [0, 0.05) is 91.9 Å². The van der Waals surface area contributed by atoms with Gasteiger partial charge in [-0.25, -0.2) is 24.7 Å². The lowest BCUT2D eigenvalue weighted by molar-refractivity contribution is 0.252. The van der Waals surface area contributed by atoms with E-state index in [9.17, 15) is 4.79 Å². The monoisotopic (exact) mass is 748 g/mol. The van der Waals surface area contributed by atoms with Crippen molar-refractivity contribution in [1.29, 1.82) is 0 Å². The summed E-state index contributed by atoms with van der Waals surface area (Å²) >= 11 is 0. The van der Waals surface area contributed by atoms with Gasteiger partial charge in [0.25, 0.3) is 0 Å². The quantitative estimate of drug-likeness (QED) is 0.187. The van der Waals surface area contributed by atoms with Crippen LogP contribution in [0.4, 0.5) is 39.4 Å². The molecule has 284 valence electrons. The van der Waals surface area contributed by atoms with E-state index in [1.807, 2.05) is 44.3 Å². The maximum Gasteiger partial charge on any atom is 0.329 e. The molecule has 4 bridgehead atoms. The Kier molecular flexibility index (Phi) is 10.5. The van der Waals surface area contributed by atoms with Crippen molar-refractivity contribution in [1.82, 2.24) is 39.9 Å². The molecule has 0 saturated carbocycles. The highest BCUT2D eigenvalue weighted by Crippen LogP contribution is 2.40. The lowest BCUT2D eigenvalue weighted by atomic mass is 9.99. The number of nitrogens with zero attached hydrogens (tertiary/aromatic N) is 11. The Morgan fingerprint density at radius 2 is 1.39 bits per heavy atom. The number of hydrogen-bond acceptors (Lipinski definition) is 13. The topological polar surface area (TPSA) is 180 Å². The number of nitrogen functional groups attached to an aromatic ring is 1. The zero-order chi connectivity index (χ0) is 38.4. The molecule has 10 heterocycles. The molecule has 0 spiro atoms. The van der Waals surface area contributed by atoms with Crippen LogP contribution < -0.4 is 31.1 Å². The Hall–Kier alpha value is -6.77. The first-order chi connectivity index (χ1) is 27.4. The van der Waals surface area contributed by atoms with Gasteiger partial charge in [-0.1, -0.05) is 0 Å². The number of nitrogens with two attached hydrogens (primary N) is 1. The van der Waals surface area contributed by atoms with E-state index in [2.05, 4.69) is 74.6 Å². The molecular formula is C41H44N14O. The fraction of sp³-hybridized carbons (Fsp3) is 0.293. The van der Waals surface area contributed by atoms with Crippen LogP contribution in [-0.4, -0.2) is 84.2 Å². The van der Waals surface area contributed by atoms with Gasteiger partial charge < -0.3 is 20.9 Å². The molecule has 15 nitrogen and oxygen atoms in total. The number of aromatic nitrogens is 8. The summed E-state index contributed by atoms with van der Waals surface area (Å²) in [7, 11) is 0. The highest BCUT2D eigenvalue weighted by Gasteiger charge is 2.38. The highest BCUT2D eigenvalue weighted by molar-refractivity contribution is 6.04. The molecule has 6 aromatic heterocycles. The van der Waals surface area contributed by atoms with Crippen LogP contribution in [0.3, 0.4) is 0 Å². The zero-order valence-electron chi connectivity index (χ0n) is 31.5. The highest BCUT2D eigenvalue weighted by atomic mass is 16.2. The zero-order valence-corrected chi connectivity index (χ0v) is 31.5.